The molecule has 1 N–H and O–H groups in total. The molecule has 0 radical (unpaired) electrons. The first kappa shape index (κ1) is 13.5. The Balaban J connectivity index is 2.00. The number of aryl methyl sites for hydroxylation is 1. The second-order valence-electron chi connectivity index (χ2n) is 4.75. The Morgan fingerprint density at radius 3 is 3.22 bits per heavy atom. The van der Waals surface area contributed by atoms with E-state index >= 15 is 0 Å². The Labute approximate surface area is 112 Å². The Morgan fingerprint density at radius 2 is 2.50 bits per heavy atom. The smallest absolute Gasteiger partial charge is 0.265 e. The van der Waals surface area contributed by atoms with Gasteiger partial charge in [0.25, 0.3) is 5.91 Å². The van der Waals surface area contributed by atoms with Gasteiger partial charge in [-0.3, -0.25) is 4.79 Å². The van der Waals surface area contributed by atoms with Crippen molar-refractivity contribution in [2.45, 2.75) is 38.6 Å². The summed E-state index contributed by atoms with van der Waals surface area (Å²) in [5.41, 5.74) is 0. The minimum atomic E-state index is 0.148. The summed E-state index contributed by atoms with van der Waals surface area (Å²) in [4.78, 5) is 19.4. The number of hydrogen-bond acceptors (Lipinski definition) is 4. The van der Waals surface area contributed by atoms with E-state index in [1.807, 2.05) is 11.9 Å². The van der Waals surface area contributed by atoms with Gasteiger partial charge in [-0.25, -0.2) is 4.98 Å². The van der Waals surface area contributed by atoms with Gasteiger partial charge in [0.2, 0.25) is 0 Å². The van der Waals surface area contributed by atoms with Crippen molar-refractivity contribution in [2.75, 3.05) is 20.1 Å². The number of hydrogen-bond donors (Lipinski definition) is 1. The highest BCUT2D eigenvalue weighted by molar-refractivity contribution is 7.13. The summed E-state index contributed by atoms with van der Waals surface area (Å²) in [6.45, 7) is 3.82. The zero-order chi connectivity index (χ0) is 13.0. The quantitative estimate of drug-likeness (QED) is 0.906. The molecular formula is C13H21N3OS. The van der Waals surface area contributed by atoms with E-state index in [1.54, 1.807) is 17.5 Å². The summed E-state index contributed by atoms with van der Waals surface area (Å²) in [7, 11) is 1.96. The van der Waals surface area contributed by atoms with E-state index in [0.717, 1.165) is 48.7 Å². The monoisotopic (exact) mass is 267 g/mol. The number of amides is 1. The molecule has 0 saturated carbocycles. The van der Waals surface area contributed by atoms with Crippen molar-refractivity contribution in [1.29, 1.82) is 0 Å². The number of carbonyl (C=O) groups excluding carboxylic acids is 1. The van der Waals surface area contributed by atoms with Crippen LogP contribution in [0.15, 0.2) is 6.20 Å². The molecule has 18 heavy (non-hydrogen) atoms. The predicted molar refractivity (Wildman–Crippen MR) is 74.1 cm³/mol. The first-order chi connectivity index (χ1) is 8.74. The summed E-state index contributed by atoms with van der Waals surface area (Å²) in [6, 6.07) is 0.436. The van der Waals surface area contributed by atoms with Crippen LogP contribution < -0.4 is 5.32 Å². The van der Waals surface area contributed by atoms with Crippen molar-refractivity contribution in [2.24, 2.45) is 0 Å². The van der Waals surface area contributed by atoms with Crippen molar-refractivity contribution < 1.29 is 4.79 Å². The van der Waals surface area contributed by atoms with E-state index in [0.29, 0.717) is 6.04 Å². The van der Waals surface area contributed by atoms with E-state index in [2.05, 4.69) is 17.2 Å². The fraction of sp³-hybridized carbons (Fsp3) is 0.692. The van der Waals surface area contributed by atoms with Crippen LogP contribution in [0.3, 0.4) is 0 Å². The highest BCUT2D eigenvalue weighted by Gasteiger charge is 2.24. The molecule has 100 valence electrons. The molecule has 1 saturated heterocycles. The molecule has 2 rings (SSSR count). The lowest BCUT2D eigenvalue weighted by Gasteiger charge is -2.32. The summed E-state index contributed by atoms with van der Waals surface area (Å²) >= 11 is 1.55. The van der Waals surface area contributed by atoms with E-state index < -0.39 is 0 Å². The third kappa shape index (κ3) is 3.09. The maximum absolute atomic E-state index is 12.3. The molecule has 1 aromatic rings. The molecule has 0 aromatic carbocycles. The molecule has 4 nitrogen and oxygen atoms in total. The molecule has 1 aromatic heterocycles. The molecule has 2 heterocycles. The SMILES string of the molecule is CCCc1ncc(C(=O)N2CCCC(NC)C2)s1. The van der Waals surface area contributed by atoms with Crippen LogP contribution >= 0.6 is 11.3 Å². The number of piperidine rings is 1. The highest BCUT2D eigenvalue weighted by atomic mass is 32.1. The van der Waals surface area contributed by atoms with E-state index in [4.69, 9.17) is 0 Å². The van der Waals surface area contributed by atoms with Crippen LogP contribution in [0, 0.1) is 0 Å². The number of nitrogens with one attached hydrogen (secondary N) is 1. The first-order valence-electron chi connectivity index (χ1n) is 6.65. The van der Waals surface area contributed by atoms with Gasteiger partial charge in [-0.2, -0.15) is 0 Å². The second-order valence-corrected chi connectivity index (χ2v) is 5.86. The van der Waals surface area contributed by atoms with E-state index in [1.165, 1.54) is 0 Å². The van der Waals surface area contributed by atoms with Gasteiger partial charge in [-0.15, -0.1) is 11.3 Å². The van der Waals surface area contributed by atoms with Crippen molar-refractivity contribution in [3.8, 4) is 0 Å². The number of aromatic nitrogens is 1. The third-order valence-electron chi connectivity index (χ3n) is 3.35. The van der Waals surface area contributed by atoms with Crippen LogP contribution in [0.5, 0.6) is 0 Å². The number of likely N-dealkylation sites (tertiary alicyclic amines) is 1. The molecule has 5 heteroatoms. The van der Waals surface area contributed by atoms with Gasteiger partial charge in [0.15, 0.2) is 0 Å². The molecule has 1 fully saturated rings. The molecule has 0 bridgehead atoms. The Morgan fingerprint density at radius 1 is 1.67 bits per heavy atom. The summed E-state index contributed by atoms with van der Waals surface area (Å²) in [5.74, 6) is 0.148. The first-order valence-corrected chi connectivity index (χ1v) is 7.47. The maximum Gasteiger partial charge on any atom is 0.265 e. The highest BCUT2D eigenvalue weighted by Crippen LogP contribution is 2.19. The number of thiazole rings is 1. The van der Waals surface area contributed by atoms with Crippen LogP contribution in [0.2, 0.25) is 0 Å². The summed E-state index contributed by atoms with van der Waals surface area (Å²) < 4.78 is 0. The van der Waals surface area contributed by atoms with Crippen LogP contribution in [0.1, 0.15) is 40.9 Å². The van der Waals surface area contributed by atoms with Gasteiger partial charge in [-0.05, 0) is 32.7 Å². The topological polar surface area (TPSA) is 45.2 Å². The molecule has 1 aliphatic heterocycles. The van der Waals surface area contributed by atoms with Gasteiger partial charge in [0, 0.05) is 19.1 Å². The van der Waals surface area contributed by atoms with Crippen molar-refractivity contribution in [3.63, 3.8) is 0 Å². The minimum Gasteiger partial charge on any atom is -0.336 e. The van der Waals surface area contributed by atoms with Crippen molar-refractivity contribution >= 4 is 17.2 Å². The number of rotatable bonds is 4. The predicted octanol–water partition coefficient (Wildman–Crippen LogP) is 1.92. The zero-order valence-corrected chi connectivity index (χ0v) is 11.9. The minimum absolute atomic E-state index is 0.148. The summed E-state index contributed by atoms with van der Waals surface area (Å²) in [5, 5.41) is 4.33. The van der Waals surface area contributed by atoms with Crippen LogP contribution in [-0.4, -0.2) is 42.0 Å². The van der Waals surface area contributed by atoms with E-state index in [-0.39, 0.29) is 5.91 Å². The van der Waals surface area contributed by atoms with E-state index in [9.17, 15) is 4.79 Å². The molecule has 0 aliphatic carbocycles. The molecule has 0 spiro atoms. The lowest BCUT2D eigenvalue weighted by atomic mass is 10.1. The molecule has 1 aliphatic rings. The summed E-state index contributed by atoms with van der Waals surface area (Å²) in [6.07, 6.45) is 6.02. The van der Waals surface area contributed by atoms with Crippen LogP contribution in [0.4, 0.5) is 0 Å². The van der Waals surface area contributed by atoms with Gasteiger partial charge < -0.3 is 10.2 Å². The Bertz CT molecular complexity index is 405. The normalized spacial score (nSPS) is 20.1. The lowest BCUT2D eigenvalue weighted by Crippen LogP contribution is -2.46. The Kier molecular flexibility index (Phi) is 4.72. The number of nitrogens with zero attached hydrogens (tertiary/aromatic N) is 2. The van der Waals surface area contributed by atoms with Gasteiger partial charge >= 0.3 is 0 Å². The van der Waals surface area contributed by atoms with Gasteiger partial charge in [0.05, 0.1) is 11.2 Å². The molecular weight excluding hydrogens is 246 g/mol. The molecule has 1 unspecified atom stereocenters. The third-order valence-corrected chi connectivity index (χ3v) is 4.39. The van der Waals surface area contributed by atoms with Crippen LogP contribution in [0.25, 0.3) is 0 Å². The average molecular weight is 267 g/mol. The van der Waals surface area contributed by atoms with Crippen LogP contribution in [-0.2, 0) is 6.42 Å². The average Bonchev–Trinajstić information content (AvgIpc) is 2.87. The zero-order valence-electron chi connectivity index (χ0n) is 11.1. The number of likely N-dealkylation sites (N-methyl/N-ethyl adjacent to an activating group) is 1. The number of carbonyl (C=O) groups is 1. The van der Waals surface area contributed by atoms with Crippen molar-refractivity contribution in [1.82, 2.24) is 15.2 Å². The fourth-order valence-electron chi connectivity index (χ4n) is 2.29. The molecule has 1 atom stereocenters. The fourth-order valence-corrected chi connectivity index (χ4v) is 3.28. The maximum atomic E-state index is 12.3. The lowest BCUT2D eigenvalue weighted by molar-refractivity contribution is 0.0703. The largest absolute Gasteiger partial charge is 0.336 e. The molecule has 1 amide bonds. The van der Waals surface area contributed by atoms with Gasteiger partial charge in [0.1, 0.15) is 4.88 Å². The van der Waals surface area contributed by atoms with Crippen molar-refractivity contribution in [3.05, 3.63) is 16.1 Å². The standard InChI is InChI=1S/C13H21N3OS/c1-3-5-12-15-8-11(18-12)13(17)16-7-4-6-10(9-16)14-2/h8,10,14H,3-7,9H2,1-2H3. The Hall–Kier alpha value is -0.940. The second kappa shape index (κ2) is 6.29. The van der Waals surface area contributed by atoms with Gasteiger partial charge in [-0.1, -0.05) is 6.92 Å².